The first-order valence-corrected chi connectivity index (χ1v) is 15.0. The van der Waals surface area contributed by atoms with Crippen molar-refractivity contribution in [1.29, 1.82) is 0 Å². The molecule has 1 aliphatic heterocycles. The third-order valence-corrected chi connectivity index (χ3v) is 7.89. The van der Waals surface area contributed by atoms with Crippen molar-refractivity contribution in [2.24, 2.45) is 0 Å². The van der Waals surface area contributed by atoms with Crippen LogP contribution in [0.3, 0.4) is 0 Å². The highest BCUT2D eigenvalue weighted by Crippen LogP contribution is 2.42. The van der Waals surface area contributed by atoms with E-state index in [-0.39, 0.29) is 34.7 Å². The second-order valence-electron chi connectivity index (χ2n) is 11.5. The SMILES string of the molecule is CC(Cc1cnc2nc(N)nc(N)c2n1)c1ccc(C(=O)NC(CCC(=O)OCC2OC(n3ccc(N)nc3=O)C(F)(F)[C@H]2O)C(=O)O)cc1. The predicted octanol–water partition coefficient (Wildman–Crippen LogP) is 0.170. The van der Waals surface area contributed by atoms with Gasteiger partial charge in [0.25, 0.3) is 5.91 Å². The number of carbonyl (C=O) groups is 3. The molecule has 4 unspecified atom stereocenters. The molecule has 3 aromatic heterocycles. The van der Waals surface area contributed by atoms with Gasteiger partial charge in [-0.1, -0.05) is 19.1 Å². The third-order valence-electron chi connectivity index (χ3n) is 7.89. The zero-order chi connectivity index (χ0) is 36.3. The van der Waals surface area contributed by atoms with Crippen molar-refractivity contribution in [2.75, 3.05) is 23.8 Å². The van der Waals surface area contributed by atoms with E-state index in [4.69, 9.17) is 26.7 Å². The number of halogens is 2. The number of benzene rings is 1. The molecule has 1 amide bonds. The summed E-state index contributed by atoms with van der Waals surface area (Å²) in [5.41, 5.74) is 17.9. The number of ether oxygens (including phenoxy) is 2. The first-order valence-electron chi connectivity index (χ1n) is 15.0. The van der Waals surface area contributed by atoms with Crippen LogP contribution in [0.25, 0.3) is 11.2 Å². The zero-order valence-electron chi connectivity index (χ0n) is 26.3. The number of aliphatic carboxylic acids is 1. The maximum Gasteiger partial charge on any atom is 0.351 e. The first-order chi connectivity index (χ1) is 23.6. The topological polar surface area (TPSA) is 287 Å². The molecule has 0 radical (unpaired) electrons. The standard InChI is InChI=1S/C30H32F2N10O8/c1-13(10-16-11-36-24-21(37-16)23(34)40-28(35)41-24)14-2-4-15(5-3-14)25(45)38-17(26(46)47)6-7-20(43)49-12-18-22(44)30(31,32)27(50-18)42-9-8-19(33)39-29(42)48/h2-5,8-9,11,13,17-18,22,27,44H,6-7,10,12H2,1H3,(H,38,45)(H,46,47)(H2,33,39,48)(H4,34,35,36,40,41)/t13?,17?,18?,22-,27?/m0/s1. The number of alkyl halides is 2. The van der Waals surface area contributed by atoms with E-state index in [1.54, 1.807) is 18.3 Å². The summed E-state index contributed by atoms with van der Waals surface area (Å²) in [6.07, 6.45) is -4.41. The maximum atomic E-state index is 14.7. The van der Waals surface area contributed by atoms with E-state index < -0.39 is 73.4 Å². The highest BCUT2D eigenvalue weighted by atomic mass is 19.3. The second-order valence-corrected chi connectivity index (χ2v) is 11.5. The van der Waals surface area contributed by atoms with E-state index in [2.05, 4.69) is 30.2 Å². The van der Waals surface area contributed by atoms with Crippen LogP contribution in [0.5, 0.6) is 0 Å². The van der Waals surface area contributed by atoms with Gasteiger partial charge in [-0.25, -0.2) is 19.6 Å². The lowest BCUT2D eigenvalue weighted by Crippen LogP contribution is -2.42. The fourth-order valence-electron chi connectivity index (χ4n) is 5.19. The van der Waals surface area contributed by atoms with Gasteiger partial charge in [-0.3, -0.25) is 14.2 Å². The number of anilines is 3. The number of nitrogen functional groups attached to an aromatic ring is 3. The molecule has 4 heterocycles. The minimum atomic E-state index is -3.96. The monoisotopic (exact) mass is 698 g/mol. The number of carbonyl (C=O) groups excluding carboxylic acids is 2. The average molecular weight is 699 g/mol. The summed E-state index contributed by atoms with van der Waals surface area (Å²) in [5, 5.41) is 22.1. The number of amides is 1. The van der Waals surface area contributed by atoms with E-state index in [1.165, 1.54) is 12.1 Å². The Balaban J connectivity index is 1.12. The smallest absolute Gasteiger partial charge is 0.351 e. The summed E-state index contributed by atoms with van der Waals surface area (Å²) in [5.74, 6) is -7.30. The maximum absolute atomic E-state index is 14.7. The molecule has 0 bridgehead atoms. The van der Waals surface area contributed by atoms with Gasteiger partial charge >= 0.3 is 23.6 Å². The molecule has 9 N–H and O–H groups in total. The minimum Gasteiger partial charge on any atom is -0.480 e. The number of carboxylic acid groups (broad SMARTS) is 1. The molecule has 1 aliphatic rings. The van der Waals surface area contributed by atoms with Crippen molar-refractivity contribution in [1.82, 2.24) is 34.8 Å². The summed E-state index contributed by atoms with van der Waals surface area (Å²) in [4.78, 5) is 69.1. The lowest BCUT2D eigenvalue weighted by molar-refractivity contribution is -0.151. The summed E-state index contributed by atoms with van der Waals surface area (Å²) >= 11 is 0. The average Bonchev–Trinajstić information content (AvgIpc) is 3.29. The van der Waals surface area contributed by atoms with E-state index in [0.717, 1.165) is 17.8 Å². The Morgan fingerprint density at radius 3 is 2.50 bits per heavy atom. The lowest BCUT2D eigenvalue weighted by atomic mass is 9.95. The highest BCUT2D eigenvalue weighted by molar-refractivity contribution is 5.96. The van der Waals surface area contributed by atoms with Crippen LogP contribution in [-0.4, -0.2) is 88.3 Å². The van der Waals surface area contributed by atoms with Crippen molar-refractivity contribution in [3.05, 3.63) is 70.0 Å². The van der Waals surface area contributed by atoms with Gasteiger partial charge in [-0.2, -0.15) is 23.7 Å². The van der Waals surface area contributed by atoms with Gasteiger partial charge in [0.05, 0.1) is 11.9 Å². The molecule has 0 spiro atoms. The van der Waals surface area contributed by atoms with E-state index >= 15 is 0 Å². The largest absolute Gasteiger partial charge is 0.480 e. The Morgan fingerprint density at radius 2 is 1.82 bits per heavy atom. The van der Waals surface area contributed by atoms with E-state index in [1.807, 2.05) is 6.92 Å². The van der Waals surface area contributed by atoms with Crippen molar-refractivity contribution in [3.63, 3.8) is 0 Å². The van der Waals surface area contributed by atoms with Crippen molar-refractivity contribution >= 4 is 46.6 Å². The molecular weight excluding hydrogens is 666 g/mol. The summed E-state index contributed by atoms with van der Waals surface area (Å²) in [6.45, 7) is 1.11. The van der Waals surface area contributed by atoms with Crippen molar-refractivity contribution in [2.45, 2.75) is 62.5 Å². The van der Waals surface area contributed by atoms with Gasteiger partial charge in [0.15, 0.2) is 23.1 Å². The molecule has 50 heavy (non-hydrogen) atoms. The lowest BCUT2D eigenvalue weighted by Gasteiger charge is -2.20. The molecule has 264 valence electrons. The van der Waals surface area contributed by atoms with Gasteiger partial charge in [-0.15, -0.1) is 0 Å². The number of aliphatic hydroxyl groups is 1. The van der Waals surface area contributed by atoms with Gasteiger partial charge in [0.1, 0.15) is 24.6 Å². The summed E-state index contributed by atoms with van der Waals surface area (Å²) < 4.78 is 39.9. The van der Waals surface area contributed by atoms with Crippen LogP contribution in [0.4, 0.5) is 26.4 Å². The van der Waals surface area contributed by atoms with Crippen LogP contribution in [0, 0.1) is 0 Å². The van der Waals surface area contributed by atoms with E-state index in [0.29, 0.717) is 22.2 Å². The molecule has 18 nitrogen and oxygen atoms in total. The number of aliphatic hydroxyl groups excluding tert-OH is 1. The third kappa shape index (κ3) is 7.70. The van der Waals surface area contributed by atoms with Crippen molar-refractivity contribution in [3.8, 4) is 0 Å². The zero-order valence-corrected chi connectivity index (χ0v) is 26.3. The fraction of sp³-hybridized carbons (Fsp3) is 0.367. The number of hydrogen-bond acceptors (Lipinski definition) is 15. The number of rotatable bonds is 12. The van der Waals surface area contributed by atoms with Crippen molar-refractivity contribution < 1.29 is 42.9 Å². The number of fused-ring (bicyclic) bond motifs is 1. The number of nitrogens with two attached hydrogens (primary N) is 3. The molecular formula is C30H32F2N10O8. The second kappa shape index (κ2) is 14.3. The van der Waals surface area contributed by atoms with Gasteiger partial charge in [-0.05, 0) is 42.5 Å². The fourth-order valence-corrected chi connectivity index (χ4v) is 5.19. The molecule has 1 saturated heterocycles. The normalized spacial score (nSPS) is 19.5. The molecule has 20 heteroatoms. The number of esters is 1. The van der Waals surface area contributed by atoms with Crippen LogP contribution < -0.4 is 28.2 Å². The molecule has 5 atom stereocenters. The molecule has 0 aliphatic carbocycles. The number of nitrogens with zero attached hydrogens (tertiary/aromatic N) is 6. The minimum absolute atomic E-state index is 0.0140. The number of hydrogen-bond donors (Lipinski definition) is 6. The Kier molecular flexibility index (Phi) is 10.1. The molecule has 5 rings (SSSR count). The summed E-state index contributed by atoms with van der Waals surface area (Å²) in [6, 6.07) is 6.02. The predicted molar refractivity (Wildman–Crippen MR) is 169 cm³/mol. The summed E-state index contributed by atoms with van der Waals surface area (Å²) in [7, 11) is 0. The van der Waals surface area contributed by atoms with Crippen LogP contribution >= 0.6 is 0 Å². The van der Waals surface area contributed by atoms with Gasteiger partial charge in [0, 0.05) is 18.2 Å². The molecule has 0 saturated carbocycles. The molecule has 4 aromatic rings. The van der Waals surface area contributed by atoms with Gasteiger partial charge < -0.3 is 42.2 Å². The number of nitrogens with one attached hydrogen (secondary N) is 1. The number of carboxylic acids is 1. The van der Waals surface area contributed by atoms with E-state index in [9.17, 15) is 38.2 Å². The van der Waals surface area contributed by atoms with Crippen LogP contribution in [-0.2, 0) is 25.5 Å². The Bertz CT molecular complexity index is 1980. The Morgan fingerprint density at radius 1 is 1.10 bits per heavy atom. The molecule has 1 fully saturated rings. The number of aromatic nitrogens is 6. The highest BCUT2D eigenvalue weighted by Gasteiger charge is 2.60. The van der Waals surface area contributed by atoms with Crippen LogP contribution in [0.15, 0.2) is 47.5 Å². The quantitative estimate of drug-likeness (QED) is 0.107. The van der Waals surface area contributed by atoms with Crippen LogP contribution in [0.1, 0.15) is 53.5 Å². The van der Waals surface area contributed by atoms with Crippen LogP contribution in [0.2, 0.25) is 0 Å². The Hall–Kier alpha value is -5.89. The Labute approximate surface area is 280 Å². The first kappa shape index (κ1) is 35.4. The molecule has 1 aromatic carbocycles. The van der Waals surface area contributed by atoms with Gasteiger partial charge in [0.2, 0.25) is 12.2 Å².